The second kappa shape index (κ2) is 4.19. The summed E-state index contributed by atoms with van der Waals surface area (Å²) < 4.78 is 15.7. The normalized spacial score (nSPS) is 13.1. The number of aliphatic hydroxyl groups is 1. The molecular weight excluding hydrogens is 251 g/mol. The average Bonchev–Trinajstić information content (AvgIpc) is 2.93. The van der Waals surface area contributed by atoms with E-state index in [0.29, 0.717) is 5.69 Å². The largest absolute Gasteiger partial charge is 0.381 e. The summed E-state index contributed by atoms with van der Waals surface area (Å²) in [6.07, 6.45) is 1.03. The molecule has 1 N–H and O–H groups in total. The topological polar surface area (TPSA) is 38.0 Å². The van der Waals surface area contributed by atoms with Crippen molar-refractivity contribution in [1.82, 2.24) is 9.78 Å². The van der Waals surface area contributed by atoms with Crippen molar-refractivity contribution in [3.63, 3.8) is 0 Å². The molecule has 3 nitrogen and oxygen atoms in total. The Hall–Kier alpha value is -1.72. The lowest BCUT2D eigenvalue weighted by Gasteiger charge is -2.03. The monoisotopic (exact) mass is 262 g/mol. The molecule has 0 saturated carbocycles. The SMILES string of the molecule is Cn1ccc(C(O)c2cc3cc(F)ccc3s2)n1. The fourth-order valence-corrected chi connectivity index (χ4v) is 2.94. The quantitative estimate of drug-likeness (QED) is 0.771. The zero-order valence-corrected chi connectivity index (χ0v) is 10.5. The fourth-order valence-electron chi connectivity index (χ4n) is 1.89. The molecule has 1 unspecified atom stereocenters. The predicted molar refractivity (Wildman–Crippen MR) is 69.1 cm³/mol. The fraction of sp³-hybridized carbons (Fsp3) is 0.154. The van der Waals surface area contributed by atoms with E-state index in [9.17, 15) is 9.50 Å². The minimum Gasteiger partial charge on any atom is -0.381 e. The number of nitrogens with zero attached hydrogens (tertiary/aromatic N) is 2. The lowest BCUT2D eigenvalue weighted by atomic mass is 10.2. The van der Waals surface area contributed by atoms with Crippen LogP contribution in [0.4, 0.5) is 4.39 Å². The smallest absolute Gasteiger partial charge is 0.132 e. The molecule has 3 rings (SSSR count). The van der Waals surface area contributed by atoms with Crippen LogP contribution in [0.1, 0.15) is 16.7 Å². The minimum absolute atomic E-state index is 0.265. The van der Waals surface area contributed by atoms with Gasteiger partial charge >= 0.3 is 0 Å². The molecule has 1 atom stereocenters. The molecule has 0 saturated heterocycles. The second-order valence-electron chi connectivity index (χ2n) is 4.15. The Morgan fingerprint density at radius 1 is 1.33 bits per heavy atom. The van der Waals surface area contributed by atoms with Gasteiger partial charge < -0.3 is 5.11 Å². The number of fused-ring (bicyclic) bond motifs is 1. The molecule has 0 amide bonds. The van der Waals surface area contributed by atoms with E-state index in [0.717, 1.165) is 15.0 Å². The molecule has 92 valence electrons. The van der Waals surface area contributed by atoms with Crippen LogP contribution in [0, 0.1) is 5.82 Å². The third-order valence-electron chi connectivity index (χ3n) is 2.78. The Kier molecular flexibility index (Phi) is 2.65. The highest BCUT2D eigenvalue weighted by molar-refractivity contribution is 7.19. The Bertz CT molecular complexity index is 704. The molecule has 0 radical (unpaired) electrons. The van der Waals surface area contributed by atoms with Crippen LogP contribution in [-0.2, 0) is 7.05 Å². The van der Waals surface area contributed by atoms with Gasteiger partial charge in [0.15, 0.2) is 0 Å². The highest BCUT2D eigenvalue weighted by Crippen LogP contribution is 2.32. The summed E-state index contributed by atoms with van der Waals surface area (Å²) >= 11 is 1.45. The first-order valence-electron chi connectivity index (χ1n) is 5.50. The van der Waals surface area contributed by atoms with Crippen LogP contribution in [0.25, 0.3) is 10.1 Å². The molecular formula is C13H11FN2OS. The number of rotatable bonds is 2. The Labute approximate surface area is 107 Å². The number of hydrogen-bond acceptors (Lipinski definition) is 3. The molecule has 2 heterocycles. The van der Waals surface area contributed by atoms with E-state index in [4.69, 9.17) is 0 Å². The number of aliphatic hydroxyl groups excluding tert-OH is 1. The van der Waals surface area contributed by atoms with Crippen molar-refractivity contribution in [2.45, 2.75) is 6.10 Å². The van der Waals surface area contributed by atoms with Crippen molar-refractivity contribution in [3.8, 4) is 0 Å². The summed E-state index contributed by atoms with van der Waals surface area (Å²) in [6, 6.07) is 8.21. The Morgan fingerprint density at radius 2 is 2.17 bits per heavy atom. The molecule has 0 aliphatic heterocycles. The van der Waals surface area contributed by atoms with Crippen molar-refractivity contribution in [2.75, 3.05) is 0 Å². The summed E-state index contributed by atoms with van der Waals surface area (Å²) in [7, 11) is 1.80. The highest BCUT2D eigenvalue weighted by Gasteiger charge is 2.16. The van der Waals surface area contributed by atoms with Gasteiger partial charge in [0, 0.05) is 22.8 Å². The maximum absolute atomic E-state index is 13.1. The summed E-state index contributed by atoms with van der Waals surface area (Å²) in [5.74, 6) is -0.265. The van der Waals surface area contributed by atoms with Gasteiger partial charge in [0.1, 0.15) is 11.9 Å². The van der Waals surface area contributed by atoms with E-state index in [1.54, 1.807) is 30.1 Å². The number of hydrogen-bond donors (Lipinski definition) is 1. The van der Waals surface area contributed by atoms with Crippen molar-refractivity contribution < 1.29 is 9.50 Å². The first-order valence-corrected chi connectivity index (χ1v) is 6.32. The zero-order valence-electron chi connectivity index (χ0n) is 9.67. The van der Waals surface area contributed by atoms with Gasteiger partial charge in [0.25, 0.3) is 0 Å². The molecule has 0 aliphatic rings. The first kappa shape index (κ1) is 11.4. The Balaban J connectivity index is 2.03. The number of thiophene rings is 1. The molecule has 0 spiro atoms. The van der Waals surface area contributed by atoms with Crippen LogP contribution in [0.3, 0.4) is 0 Å². The van der Waals surface area contributed by atoms with E-state index in [1.807, 2.05) is 6.07 Å². The summed E-state index contributed by atoms with van der Waals surface area (Å²) in [5, 5.41) is 15.2. The van der Waals surface area contributed by atoms with Gasteiger partial charge in [0.2, 0.25) is 0 Å². The van der Waals surface area contributed by atoms with E-state index in [-0.39, 0.29) is 5.82 Å². The molecule has 0 fully saturated rings. The maximum atomic E-state index is 13.1. The maximum Gasteiger partial charge on any atom is 0.132 e. The first-order chi connectivity index (χ1) is 8.63. The van der Waals surface area contributed by atoms with Crippen molar-refractivity contribution in [1.29, 1.82) is 0 Å². The third kappa shape index (κ3) is 1.91. The van der Waals surface area contributed by atoms with Crippen LogP contribution >= 0.6 is 11.3 Å². The van der Waals surface area contributed by atoms with E-state index in [1.165, 1.54) is 23.5 Å². The molecule has 1 aromatic carbocycles. The molecule has 2 aromatic heterocycles. The van der Waals surface area contributed by atoms with Gasteiger partial charge in [-0.05, 0) is 35.7 Å². The van der Waals surface area contributed by atoms with E-state index >= 15 is 0 Å². The summed E-state index contributed by atoms with van der Waals surface area (Å²) in [4.78, 5) is 0.773. The van der Waals surface area contributed by atoms with Gasteiger partial charge in [-0.15, -0.1) is 11.3 Å². The number of aromatic nitrogens is 2. The van der Waals surface area contributed by atoms with Crippen molar-refractivity contribution >= 4 is 21.4 Å². The Morgan fingerprint density at radius 3 is 2.89 bits per heavy atom. The molecule has 0 aliphatic carbocycles. The van der Waals surface area contributed by atoms with Gasteiger partial charge in [0.05, 0.1) is 5.69 Å². The lowest BCUT2D eigenvalue weighted by Crippen LogP contribution is -1.99. The predicted octanol–water partition coefficient (Wildman–Crippen LogP) is 2.86. The average molecular weight is 262 g/mol. The number of benzene rings is 1. The standard InChI is InChI=1S/C13H11FN2OS/c1-16-5-4-10(15-16)13(17)12-7-8-6-9(14)2-3-11(8)18-12/h2-7,13,17H,1H3. The van der Waals surface area contributed by atoms with Crippen molar-refractivity contribution in [2.24, 2.45) is 7.05 Å². The molecule has 5 heteroatoms. The van der Waals surface area contributed by atoms with Gasteiger partial charge in [-0.1, -0.05) is 0 Å². The molecule has 0 bridgehead atoms. The van der Waals surface area contributed by atoms with E-state index < -0.39 is 6.10 Å². The van der Waals surface area contributed by atoms with Crippen LogP contribution in [0.15, 0.2) is 36.5 Å². The van der Waals surface area contributed by atoms with Crippen LogP contribution in [0.2, 0.25) is 0 Å². The summed E-state index contributed by atoms with van der Waals surface area (Å²) in [5.41, 5.74) is 0.601. The number of halogens is 1. The molecule has 3 aromatic rings. The van der Waals surface area contributed by atoms with Crippen LogP contribution in [0.5, 0.6) is 0 Å². The van der Waals surface area contributed by atoms with E-state index in [2.05, 4.69) is 5.10 Å². The molecule has 18 heavy (non-hydrogen) atoms. The summed E-state index contributed by atoms with van der Waals surface area (Å²) in [6.45, 7) is 0. The van der Waals surface area contributed by atoms with Crippen LogP contribution < -0.4 is 0 Å². The van der Waals surface area contributed by atoms with Gasteiger partial charge in [-0.3, -0.25) is 4.68 Å². The third-order valence-corrected chi connectivity index (χ3v) is 3.95. The van der Waals surface area contributed by atoms with Gasteiger partial charge in [-0.25, -0.2) is 4.39 Å². The highest BCUT2D eigenvalue weighted by atomic mass is 32.1. The number of aryl methyl sites for hydroxylation is 1. The van der Waals surface area contributed by atoms with Gasteiger partial charge in [-0.2, -0.15) is 5.10 Å². The van der Waals surface area contributed by atoms with Crippen molar-refractivity contribution in [3.05, 3.63) is 52.9 Å². The second-order valence-corrected chi connectivity index (χ2v) is 5.26. The van der Waals surface area contributed by atoms with Crippen LogP contribution in [-0.4, -0.2) is 14.9 Å². The lowest BCUT2D eigenvalue weighted by molar-refractivity contribution is 0.218. The minimum atomic E-state index is -0.758. The zero-order chi connectivity index (χ0) is 12.7.